The molecule has 0 unspecified atom stereocenters. The van der Waals surface area contributed by atoms with Gasteiger partial charge in [0.15, 0.2) is 0 Å². The van der Waals surface area contributed by atoms with Crippen molar-refractivity contribution in [3.8, 4) is 0 Å². The van der Waals surface area contributed by atoms with Gasteiger partial charge in [-0.2, -0.15) is 0 Å². The van der Waals surface area contributed by atoms with Crippen molar-refractivity contribution in [1.82, 2.24) is 5.32 Å². The zero-order valence-electron chi connectivity index (χ0n) is 16.1. The Morgan fingerprint density at radius 3 is 2.63 bits per heavy atom. The number of ether oxygens (including phenoxy) is 1. The van der Waals surface area contributed by atoms with E-state index in [9.17, 15) is 14.9 Å². The van der Waals surface area contributed by atoms with Gasteiger partial charge in [0.2, 0.25) is 0 Å². The molecule has 2 aliphatic rings. The molecule has 3 rings (SSSR count). The Bertz CT molecular complexity index is 680. The molecule has 1 aromatic carbocycles. The van der Waals surface area contributed by atoms with E-state index in [-0.39, 0.29) is 28.7 Å². The van der Waals surface area contributed by atoms with Crippen LogP contribution in [0.3, 0.4) is 0 Å². The summed E-state index contributed by atoms with van der Waals surface area (Å²) in [6, 6.07) is 5.07. The number of nitrogens with zero attached hydrogens (tertiary/aromatic N) is 2. The summed E-state index contributed by atoms with van der Waals surface area (Å²) in [5.41, 5.74) is 0.901. The van der Waals surface area contributed by atoms with Crippen LogP contribution in [-0.2, 0) is 4.74 Å². The second kappa shape index (κ2) is 8.69. The molecule has 1 atom stereocenters. The minimum atomic E-state index is -0.379. The SMILES string of the molecule is CNC(=O)c1ccc(N(C[C@@H]2CCCO2)C2CCC(C)CC2)c([N+](=O)[O-])c1. The number of nitrogens with one attached hydrogen (secondary N) is 1. The van der Waals surface area contributed by atoms with Crippen LogP contribution < -0.4 is 10.2 Å². The van der Waals surface area contributed by atoms with Crippen molar-refractivity contribution >= 4 is 17.3 Å². The highest BCUT2D eigenvalue weighted by molar-refractivity contribution is 5.95. The minimum absolute atomic E-state index is 0.00674. The quantitative estimate of drug-likeness (QED) is 0.607. The summed E-state index contributed by atoms with van der Waals surface area (Å²) in [6.07, 6.45) is 6.47. The van der Waals surface area contributed by atoms with E-state index in [0.717, 1.165) is 45.1 Å². The molecule has 1 amide bonds. The number of hydrogen-bond donors (Lipinski definition) is 1. The van der Waals surface area contributed by atoms with E-state index >= 15 is 0 Å². The average molecular weight is 375 g/mol. The highest BCUT2D eigenvalue weighted by atomic mass is 16.6. The number of carbonyl (C=O) groups excluding carboxylic acids is 1. The third-order valence-electron chi connectivity index (χ3n) is 5.82. The molecule has 1 heterocycles. The van der Waals surface area contributed by atoms with Crippen molar-refractivity contribution in [3.63, 3.8) is 0 Å². The molecule has 1 aromatic rings. The Balaban J connectivity index is 1.94. The fourth-order valence-corrected chi connectivity index (χ4v) is 4.20. The molecule has 0 aromatic heterocycles. The summed E-state index contributed by atoms with van der Waals surface area (Å²) in [5, 5.41) is 14.3. The summed E-state index contributed by atoms with van der Waals surface area (Å²) in [6.45, 7) is 3.69. The van der Waals surface area contributed by atoms with E-state index in [1.54, 1.807) is 12.1 Å². The van der Waals surface area contributed by atoms with Crippen LogP contribution >= 0.6 is 0 Å². The first-order chi connectivity index (χ1) is 13.0. The predicted molar refractivity (Wildman–Crippen MR) is 104 cm³/mol. The number of anilines is 1. The van der Waals surface area contributed by atoms with Crippen LogP contribution in [0.15, 0.2) is 18.2 Å². The van der Waals surface area contributed by atoms with Crippen molar-refractivity contribution in [1.29, 1.82) is 0 Å². The first-order valence-electron chi connectivity index (χ1n) is 9.88. The largest absolute Gasteiger partial charge is 0.376 e. The molecule has 27 heavy (non-hydrogen) atoms. The van der Waals surface area contributed by atoms with E-state index in [1.807, 2.05) is 0 Å². The second-order valence-corrected chi connectivity index (χ2v) is 7.74. The normalized spacial score (nSPS) is 25.2. The predicted octanol–water partition coefficient (Wildman–Crippen LogP) is 3.52. The number of nitro benzene ring substituents is 1. The monoisotopic (exact) mass is 375 g/mol. The molecule has 0 spiro atoms. The third-order valence-corrected chi connectivity index (χ3v) is 5.82. The lowest BCUT2D eigenvalue weighted by Gasteiger charge is -2.38. The first kappa shape index (κ1) is 19.6. The van der Waals surface area contributed by atoms with Crippen LogP contribution in [0.5, 0.6) is 0 Å². The summed E-state index contributed by atoms with van der Waals surface area (Å²) in [5.74, 6) is 0.387. The van der Waals surface area contributed by atoms with Gasteiger partial charge in [0, 0.05) is 37.9 Å². The van der Waals surface area contributed by atoms with Crippen molar-refractivity contribution in [3.05, 3.63) is 33.9 Å². The Hall–Kier alpha value is -2.15. The maximum atomic E-state index is 11.9. The molecule has 0 radical (unpaired) electrons. The van der Waals surface area contributed by atoms with Gasteiger partial charge in [-0.15, -0.1) is 0 Å². The number of nitro groups is 1. The standard InChI is InChI=1S/C20H29N3O4/c1-14-5-8-16(9-6-14)22(13-17-4-3-11-27-17)18-10-7-15(20(24)21-2)12-19(18)23(25)26/h7,10,12,14,16-17H,3-6,8-9,11,13H2,1-2H3,(H,21,24)/t14?,16?,17-/m0/s1. The van der Waals surface area contributed by atoms with E-state index < -0.39 is 0 Å². The number of rotatable bonds is 6. The molecule has 1 saturated heterocycles. The van der Waals surface area contributed by atoms with Crippen molar-refractivity contribution in [2.45, 2.75) is 57.6 Å². The molecule has 7 heteroatoms. The molecular formula is C20H29N3O4. The van der Waals surface area contributed by atoms with Gasteiger partial charge >= 0.3 is 0 Å². The van der Waals surface area contributed by atoms with Gasteiger partial charge in [0.05, 0.1) is 11.0 Å². The Labute approximate surface area is 160 Å². The van der Waals surface area contributed by atoms with Gasteiger partial charge in [0.25, 0.3) is 11.6 Å². The van der Waals surface area contributed by atoms with Crippen LogP contribution in [-0.4, -0.2) is 43.2 Å². The smallest absolute Gasteiger partial charge is 0.293 e. The van der Waals surface area contributed by atoms with Gasteiger partial charge < -0.3 is 15.0 Å². The number of benzene rings is 1. The van der Waals surface area contributed by atoms with Crippen molar-refractivity contribution < 1.29 is 14.5 Å². The molecule has 148 valence electrons. The Morgan fingerprint density at radius 2 is 2.04 bits per heavy atom. The van der Waals surface area contributed by atoms with Crippen molar-refractivity contribution in [2.24, 2.45) is 5.92 Å². The highest BCUT2D eigenvalue weighted by Gasteiger charge is 2.32. The summed E-state index contributed by atoms with van der Waals surface area (Å²) < 4.78 is 5.82. The molecule has 2 fully saturated rings. The zero-order chi connectivity index (χ0) is 19.4. The second-order valence-electron chi connectivity index (χ2n) is 7.74. The fraction of sp³-hybridized carbons (Fsp3) is 0.650. The van der Waals surface area contributed by atoms with Crippen LogP contribution in [0, 0.1) is 16.0 Å². The molecule has 1 saturated carbocycles. The van der Waals surface area contributed by atoms with Gasteiger partial charge in [-0.25, -0.2) is 0 Å². The Kier molecular flexibility index (Phi) is 6.31. The number of hydrogen-bond acceptors (Lipinski definition) is 5. The highest BCUT2D eigenvalue weighted by Crippen LogP contribution is 2.36. The summed E-state index contributed by atoms with van der Waals surface area (Å²) in [4.78, 5) is 25.5. The van der Waals surface area contributed by atoms with Crippen LogP contribution in [0.25, 0.3) is 0 Å². The number of amides is 1. The van der Waals surface area contributed by atoms with E-state index in [4.69, 9.17) is 4.74 Å². The van der Waals surface area contributed by atoms with Crippen LogP contribution in [0.4, 0.5) is 11.4 Å². The molecule has 1 N–H and O–H groups in total. The maximum absolute atomic E-state index is 11.9. The van der Waals surface area contributed by atoms with E-state index in [2.05, 4.69) is 17.1 Å². The molecule has 7 nitrogen and oxygen atoms in total. The lowest BCUT2D eigenvalue weighted by Crippen LogP contribution is -2.42. The molecule has 1 aliphatic carbocycles. The molecular weight excluding hydrogens is 346 g/mol. The number of carbonyl (C=O) groups is 1. The molecule has 1 aliphatic heterocycles. The molecule has 0 bridgehead atoms. The first-order valence-corrected chi connectivity index (χ1v) is 9.88. The summed E-state index contributed by atoms with van der Waals surface area (Å²) in [7, 11) is 1.52. The maximum Gasteiger partial charge on any atom is 0.293 e. The zero-order valence-corrected chi connectivity index (χ0v) is 16.1. The van der Waals surface area contributed by atoms with Crippen LogP contribution in [0.1, 0.15) is 55.8 Å². The van der Waals surface area contributed by atoms with Gasteiger partial charge in [0.1, 0.15) is 5.69 Å². The average Bonchev–Trinajstić information content (AvgIpc) is 3.19. The third kappa shape index (κ3) is 4.58. The van der Waals surface area contributed by atoms with Gasteiger partial charge in [-0.3, -0.25) is 14.9 Å². The van der Waals surface area contributed by atoms with Gasteiger partial charge in [-0.05, 0) is 56.6 Å². The van der Waals surface area contributed by atoms with E-state index in [0.29, 0.717) is 23.7 Å². The van der Waals surface area contributed by atoms with Gasteiger partial charge in [-0.1, -0.05) is 6.92 Å². The Morgan fingerprint density at radius 1 is 1.30 bits per heavy atom. The lowest BCUT2D eigenvalue weighted by molar-refractivity contribution is -0.384. The fourth-order valence-electron chi connectivity index (χ4n) is 4.20. The minimum Gasteiger partial charge on any atom is -0.376 e. The van der Waals surface area contributed by atoms with Crippen LogP contribution in [0.2, 0.25) is 0 Å². The topological polar surface area (TPSA) is 84.7 Å². The lowest BCUT2D eigenvalue weighted by atomic mass is 9.86. The van der Waals surface area contributed by atoms with Crippen molar-refractivity contribution in [2.75, 3.05) is 25.1 Å². The summed E-state index contributed by atoms with van der Waals surface area (Å²) >= 11 is 0. The van der Waals surface area contributed by atoms with E-state index in [1.165, 1.54) is 13.1 Å².